The van der Waals surface area contributed by atoms with Crippen molar-refractivity contribution in [2.24, 2.45) is 0 Å². The quantitative estimate of drug-likeness (QED) is 0.857. The Balaban J connectivity index is 1.59. The van der Waals surface area contributed by atoms with Crippen molar-refractivity contribution in [3.63, 3.8) is 0 Å². The summed E-state index contributed by atoms with van der Waals surface area (Å²) in [5.74, 6) is 0.339. The van der Waals surface area contributed by atoms with E-state index in [4.69, 9.17) is 9.15 Å². The summed E-state index contributed by atoms with van der Waals surface area (Å²) in [6.45, 7) is 2.39. The Kier molecular flexibility index (Phi) is 4.00. The molecule has 1 atom stereocenters. The molecule has 6 nitrogen and oxygen atoms in total. The fraction of sp³-hybridized carbons (Fsp3) is 0.474. The van der Waals surface area contributed by atoms with E-state index < -0.39 is 12.2 Å². The highest BCUT2D eigenvalue weighted by molar-refractivity contribution is 5.84. The zero-order valence-electron chi connectivity index (χ0n) is 14.2. The highest BCUT2D eigenvalue weighted by atomic mass is 16.5. The van der Waals surface area contributed by atoms with Crippen LogP contribution in [0.15, 0.2) is 27.4 Å². The van der Waals surface area contributed by atoms with Crippen LogP contribution in [0.5, 0.6) is 5.75 Å². The van der Waals surface area contributed by atoms with Gasteiger partial charge in [0.05, 0.1) is 6.10 Å². The van der Waals surface area contributed by atoms with Crippen LogP contribution in [0.4, 0.5) is 0 Å². The number of hydrogen-bond acceptors (Lipinski definition) is 5. The summed E-state index contributed by atoms with van der Waals surface area (Å²) in [5, 5.41) is 10.3. The average molecular weight is 343 g/mol. The molecular weight excluding hydrogens is 322 g/mol. The molecule has 0 saturated carbocycles. The number of aliphatic hydroxyl groups is 1. The third-order valence-electron chi connectivity index (χ3n) is 5.03. The number of carbonyl (C=O) groups excluding carboxylic acids is 1. The Morgan fingerprint density at radius 1 is 1.28 bits per heavy atom. The predicted octanol–water partition coefficient (Wildman–Crippen LogP) is 1.64. The van der Waals surface area contributed by atoms with Gasteiger partial charge in [0.15, 0.2) is 6.10 Å². The summed E-state index contributed by atoms with van der Waals surface area (Å²) in [5.41, 5.74) is 2.12. The normalized spacial score (nSPS) is 18.6. The van der Waals surface area contributed by atoms with E-state index in [9.17, 15) is 14.7 Å². The number of carbonyl (C=O) groups is 1. The van der Waals surface area contributed by atoms with Crippen LogP contribution in [0.25, 0.3) is 11.0 Å². The summed E-state index contributed by atoms with van der Waals surface area (Å²) in [4.78, 5) is 26.0. The van der Waals surface area contributed by atoms with E-state index in [-0.39, 0.29) is 11.5 Å². The first-order valence-corrected chi connectivity index (χ1v) is 8.75. The second kappa shape index (κ2) is 6.19. The number of aryl methyl sites for hydroxylation is 1. The van der Waals surface area contributed by atoms with Crippen molar-refractivity contribution in [3.8, 4) is 5.75 Å². The number of amides is 1. The lowest BCUT2D eigenvalue weighted by atomic mass is 9.91. The Hall–Kier alpha value is -2.34. The maximum absolute atomic E-state index is 12.2. The Morgan fingerprint density at radius 2 is 2.00 bits per heavy atom. The van der Waals surface area contributed by atoms with Crippen molar-refractivity contribution in [1.29, 1.82) is 0 Å². The zero-order valence-corrected chi connectivity index (χ0v) is 14.2. The standard InChI is InChI=1S/C19H21NO5/c1-11(18(22)20-9-12(21)10-20)24-13-6-7-15-14-4-2-3-5-16(14)19(23)25-17(15)8-13/h6-8,11-12,21H,2-5,9-10H2,1H3. The van der Waals surface area contributed by atoms with Crippen LogP contribution in [-0.4, -0.2) is 41.2 Å². The molecule has 2 aliphatic rings. The van der Waals surface area contributed by atoms with Crippen LogP contribution in [-0.2, 0) is 17.6 Å². The second-order valence-electron chi connectivity index (χ2n) is 6.87. The lowest BCUT2D eigenvalue weighted by Gasteiger charge is -2.37. The number of β-amino-alcohol motifs (C(OH)–C–C–N with tert-alkyl or cyclic N) is 1. The molecule has 1 saturated heterocycles. The molecule has 2 heterocycles. The number of nitrogens with zero attached hydrogens (tertiary/aromatic N) is 1. The number of likely N-dealkylation sites (tertiary alicyclic amines) is 1. The van der Waals surface area contributed by atoms with Crippen LogP contribution >= 0.6 is 0 Å². The van der Waals surface area contributed by atoms with Crippen molar-refractivity contribution >= 4 is 16.9 Å². The molecular formula is C19H21NO5. The largest absolute Gasteiger partial charge is 0.481 e. The fourth-order valence-corrected chi connectivity index (χ4v) is 3.65. The van der Waals surface area contributed by atoms with Crippen LogP contribution in [0.1, 0.15) is 30.9 Å². The highest BCUT2D eigenvalue weighted by Gasteiger charge is 2.32. The molecule has 1 fully saturated rings. The van der Waals surface area contributed by atoms with Gasteiger partial charge in [0, 0.05) is 30.1 Å². The number of fused-ring (bicyclic) bond motifs is 3. The van der Waals surface area contributed by atoms with Crippen molar-refractivity contribution < 1.29 is 19.1 Å². The monoisotopic (exact) mass is 343 g/mol. The van der Waals surface area contributed by atoms with Gasteiger partial charge in [0.2, 0.25) is 0 Å². The minimum Gasteiger partial charge on any atom is -0.481 e. The van der Waals surface area contributed by atoms with Crippen molar-refractivity contribution in [3.05, 3.63) is 39.7 Å². The maximum atomic E-state index is 12.2. The van der Waals surface area contributed by atoms with E-state index in [2.05, 4.69) is 0 Å². The Labute approximate surface area is 145 Å². The van der Waals surface area contributed by atoms with Gasteiger partial charge >= 0.3 is 5.63 Å². The van der Waals surface area contributed by atoms with Gasteiger partial charge in [-0.15, -0.1) is 0 Å². The van der Waals surface area contributed by atoms with Crippen molar-refractivity contribution in [2.75, 3.05) is 13.1 Å². The SMILES string of the molecule is CC(Oc1ccc2c3c(c(=O)oc2c1)CCCC3)C(=O)N1CC(O)C1. The van der Waals surface area contributed by atoms with Gasteiger partial charge in [0.1, 0.15) is 11.3 Å². The molecule has 0 bridgehead atoms. The van der Waals surface area contributed by atoms with Crippen LogP contribution < -0.4 is 10.4 Å². The molecule has 4 rings (SSSR count). The molecule has 1 N–H and O–H groups in total. The molecule has 1 aliphatic heterocycles. The number of benzene rings is 1. The Morgan fingerprint density at radius 3 is 2.72 bits per heavy atom. The lowest BCUT2D eigenvalue weighted by Crippen LogP contribution is -2.56. The number of aliphatic hydroxyl groups excluding tert-OH is 1. The van der Waals surface area contributed by atoms with Gasteiger partial charge in [-0.1, -0.05) is 0 Å². The van der Waals surface area contributed by atoms with E-state index in [0.29, 0.717) is 24.4 Å². The molecule has 1 unspecified atom stereocenters. The topological polar surface area (TPSA) is 80.0 Å². The van der Waals surface area contributed by atoms with E-state index >= 15 is 0 Å². The van der Waals surface area contributed by atoms with Gasteiger partial charge in [-0.2, -0.15) is 0 Å². The number of ether oxygens (including phenoxy) is 1. The summed E-state index contributed by atoms with van der Waals surface area (Å²) in [6, 6.07) is 5.40. The van der Waals surface area contributed by atoms with E-state index in [1.807, 2.05) is 12.1 Å². The van der Waals surface area contributed by atoms with Gasteiger partial charge < -0.3 is 19.2 Å². The summed E-state index contributed by atoms with van der Waals surface area (Å²) < 4.78 is 11.2. The molecule has 2 aromatic rings. The van der Waals surface area contributed by atoms with Gasteiger partial charge in [-0.25, -0.2) is 4.79 Å². The zero-order chi connectivity index (χ0) is 17.6. The third-order valence-corrected chi connectivity index (χ3v) is 5.03. The molecule has 1 amide bonds. The minimum absolute atomic E-state index is 0.155. The predicted molar refractivity (Wildman–Crippen MR) is 91.8 cm³/mol. The molecule has 1 aliphatic carbocycles. The van der Waals surface area contributed by atoms with Gasteiger partial charge in [0.25, 0.3) is 5.91 Å². The lowest BCUT2D eigenvalue weighted by molar-refractivity contribution is -0.148. The van der Waals surface area contributed by atoms with Gasteiger partial charge in [-0.05, 0) is 50.3 Å². The summed E-state index contributed by atoms with van der Waals surface area (Å²) in [6.07, 6.45) is 2.68. The van der Waals surface area contributed by atoms with Crippen molar-refractivity contribution in [1.82, 2.24) is 4.90 Å². The molecule has 0 radical (unpaired) electrons. The first kappa shape index (κ1) is 16.1. The number of hydrogen-bond donors (Lipinski definition) is 1. The van der Waals surface area contributed by atoms with E-state index in [1.54, 1.807) is 17.9 Å². The number of rotatable bonds is 3. The van der Waals surface area contributed by atoms with Crippen LogP contribution in [0, 0.1) is 0 Å². The Bertz CT molecular complexity index is 881. The summed E-state index contributed by atoms with van der Waals surface area (Å²) >= 11 is 0. The third kappa shape index (κ3) is 2.91. The molecule has 0 spiro atoms. The molecule has 132 valence electrons. The molecule has 1 aromatic heterocycles. The second-order valence-corrected chi connectivity index (χ2v) is 6.87. The molecule has 1 aromatic carbocycles. The minimum atomic E-state index is -0.658. The molecule has 25 heavy (non-hydrogen) atoms. The van der Waals surface area contributed by atoms with Crippen molar-refractivity contribution in [2.45, 2.75) is 44.8 Å². The van der Waals surface area contributed by atoms with E-state index in [0.717, 1.165) is 42.2 Å². The van der Waals surface area contributed by atoms with Gasteiger partial charge in [-0.3, -0.25) is 4.79 Å². The van der Waals surface area contributed by atoms with Crippen LogP contribution in [0.2, 0.25) is 0 Å². The first-order chi connectivity index (χ1) is 12.0. The molecule has 6 heteroatoms. The highest BCUT2D eigenvalue weighted by Crippen LogP contribution is 2.29. The smallest absolute Gasteiger partial charge is 0.339 e. The summed E-state index contributed by atoms with van der Waals surface area (Å²) in [7, 11) is 0. The maximum Gasteiger partial charge on any atom is 0.339 e. The van der Waals surface area contributed by atoms with Crippen LogP contribution in [0.3, 0.4) is 0 Å². The van der Waals surface area contributed by atoms with E-state index in [1.165, 1.54) is 0 Å². The average Bonchev–Trinajstić information content (AvgIpc) is 2.58. The fourth-order valence-electron chi connectivity index (χ4n) is 3.65. The first-order valence-electron chi connectivity index (χ1n) is 8.75.